The molecule has 0 fully saturated rings. The van der Waals surface area contributed by atoms with E-state index >= 15 is 0 Å². The third-order valence-electron chi connectivity index (χ3n) is 7.99. The van der Waals surface area contributed by atoms with Crippen molar-refractivity contribution in [2.45, 2.75) is 60.8 Å². The van der Waals surface area contributed by atoms with Gasteiger partial charge >= 0.3 is 0 Å². The van der Waals surface area contributed by atoms with E-state index in [1.807, 2.05) is 54.6 Å². The topological polar surface area (TPSA) is 59.5 Å². The molecule has 0 N–H and O–H groups in total. The third kappa shape index (κ3) is 6.13. The van der Waals surface area contributed by atoms with Crippen LogP contribution in [0.4, 0.5) is 0 Å². The van der Waals surface area contributed by atoms with E-state index in [2.05, 4.69) is 72.1 Å². The summed E-state index contributed by atoms with van der Waals surface area (Å²) < 4.78 is 14.9. The van der Waals surface area contributed by atoms with E-state index in [-0.39, 0.29) is 38.0 Å². The van der Waals surface area contributed by atoms with E-state index in [0.717, 1.165) is 58.2 Å². The zero-order valence-corrected chi connectivity index (χ0v) is 26.6. The molecule has 3 aliphatic rings. The van der Waals surface area contributed by atoms with Gasteiger partial charge in [0.25, 0.3) is 0 Å². The van der Waals surface area contributed by atoms with Gasteiger partial charge in [-0.25, -0.2) is 4.58 Å². The Kier molecular flexibility index (Phi) is 8.04. The fourth-order valence-corrected chi connectivity index (χ4v) is 5.38. The van der Waals surface area contributed by atoms with E-state index in [9.17, 15) is 9.59 Å². The molecule has 1 aliphatic carbocycles. The molecule has 0 radical (unpaired) electrons. The highest BCUT2D eigenvalue weighted by Gasteiger charge is 2.26. The molecule has 1 atom stereocenters. The lowest BCUT2D eigenvalue weighted by Crippen LogP contribution is -2.64. The minimum atomic E-state index is -0.256. The first kappa shape index (κ1) is 30.2. The number of hydrogen-bond acceptors (Lipinski definition) is 4. The van der Waals surface area contributed by atoms with E-state index in [1.54, 1.807) is 12.2 Å². The first-order valence-corrected chi connectivity index (χ1v) is 15.2. The number of allylic oxidation sites excluding steroid dienone is 3. The van der Waals surface area contributed by atoms with Gasteiger partial charge in [0.1, 0.15) is 36.1 Å². The van der Waals surface area contributed by atoms with Crippen molar-refractivity contribution in [3.8, 4) is 11.3 Å². The van der Waals surface area contributed by atoms with Gasteiger partial charge in [-0.1, -0.05) is 78.0 Å². The summed E-state index contributed by atoms with van der Waals surface area (Å²) in [5.74, 6) is 2.82. The van der Waals surface area contributed by atoms with Gasteiger partial charge in [-0.15, -0.1) is 0 Å². The summed E-state index contributed by atoms with van der Waals surface area (Å²) in [6, 6.07) is 18.0. The number of rotatable bonds is 5. The van der Waals surface area contributed by atoms with E-state index < -0.39 is 0 Å². The summed E-state index contributed by atoms with van der Waals surface area (Å²) in [4.78, 5) is 26.9. The second kappa shape index (κ2) is 11.4. The predicted molar refractivity (Wildman–Crippen MR) is 176 cm³/mol. The summed E-state index contributed by atoms with van der Waals surface area (Å²) >= 11 is 0. The molecule has 43 heavy (non-hydrogen) atoms. The molecule has 2 aromatic carbocycles. The summed E-state index contributed by atoms with van der Waals surface area (Å²) in [5.41, 5.74) is 1.67. The maximum Gasteiger partial charge on any atom is 0.203 e. The second-order valence-corrected chi connectivity index (χ2v) is 13.3. The van der Waals surface area contributed by atoms with Crippen molar-refractivity contribution in [3.63, 3.8) is 0 Å². The highest BCUT2D eigenvalue weighted by Crippen LogP contribution is 2.37. The summed E-state index contributed by atoms with van der Waals surface area (Å²) in [6.45, 7) is 18.6. The average molecular weight is 577 g/mol. The van der Waals surface area contributed by atoms with Crippen LogP contribution in [0.5, 0.6) is 0 Å². The molecule has 2 aromatic rings. The minimum absolute atomic E-state index is 0.200. The van der Waals surface area contributed by atoms with Crippen molar-refractivity contribution >= 4 is 17.9 Å². The molecule has 2 heterocycles. The molecule has 5 rings (SSSR count). The fourth-order valence-electron chi connectivity index (χ4n) is 5.38. The SMILES string of the molecule is CC[N+](CC)=c1ccc2c(C=c3c(=O)c(=CC4C=C(c5ccccc5)OC(C(C)(C)C)=C4)c3=O)cc(C(C)(C)C)oc-2c1. The lowest BCUT2D eigenvalue weighted by molar-refractivity contribution is 0.257. The predicted octanol–water partition coefficient (Wildman–Crippen LogP) is 5.32. The molecule has 0 saturated carbocycles. The lowest BCUT2D eigenvalue weighted by Gasteiger charge is -2.29. The number of hydrogen-bond donors (Lipinski definition) is 0. The summed E-state index contributed by atoms with van der Waals surface area (Å²) in [5, 5.41) is 1.50. The smallest absolute Gasteiger partial charge is 0.203 e. The molecule has 0 spiro atoms. The maximum atomic E-state index is 13.5. The van der Waals surface area contributed by atoms with Gasteiger partial charge in [0.05, 0.1) is 16.5 Å². The van der Waals surface area contributed by atoms with Gasteiger partial charge in [0.2, 0.25) is 16.2 Å². The molecule has 5 heteroatoms. The summed E-state index contributed by atoms with van der Waals surface area (Å²) in [6.07, 6.45) is 7.47. The van der Waals surface area contributed by atoms with Gasteiger partial charge in [0.15, 0.2) is 0 Å². The average Bonchev–Trinajstić information content (AvgIpc) is 2.98. The quantitative estimate of drug-likeness (QED) is 0.302. The first-order valence-electron chi connectivity index (χ1n) is 15.2. The van der Waals surface area contributed by atoms with Crippen LogP contribution >= 0.6 is 0 Å². The largest absolute Gasteiger partial charge is 0.461 e. The molecule has 5 nitrogen and oxygen atoms in total. The Morgan fingerprint density at radius 2 is 1.49 bits per heavy atom. The number of nitrogens with zero attached hydrogens (tertiary/aromatic N) is 1. The molecule has 1 unspecified atom stereocenters. The number of fused-ring (bicyclic) bond motifs is 1. The number of ether oxygens (including phenoxy) is 1. The Morgan fingerprint density at radius 1 is 0.814 bits per heavy atom. The van der Waals surface area contributed by atoms with Crippen LogP contribution in [0.15, 0.2) is 86.5 Å². The molecule has 0 amide bonds. The van der Waals surface area contributed by atoms with Crippen LogP contribution in [0.1, 0.15) is 72.3 Å². The van der Waals surface area contributed by atoms with Crippen LogP contribution in [0, 0.1) is 11.3 Å². The van der Waals surface area contributed by atoms with E-state index in [0.29, 0.717) is 0 Å². The van der Waals surface area contributed by atoms with Crippen LogP contribution in [-0.4, -0.2) is 13.1 Å². The van der Waals surface area contributed by atoms with Crippen LogP contribution in [0.25, 0.3) is 29.2 Å². The first-order chi connectivity index (χ1) is 20.3. The maximum absolute atomic E-state index is 13.5. The van der Waals surface area contributed by atoms with Crippen molar-refractivity contribution < 1.29 is 9.15 Å². The zero-order chi connectivity index (χ0) is 31.1. The van der Waals surface area contributed by atoms with Crippen molar-refractivity contribution in [1.82, 2.24) is 4.58 Å². The fraction of sp³-hybridized carbons (Fsp3) is 0.342. The van der Waals surface area contributed by atoms with Crippen LogP contribution < -0.4 is 31.2 Å². The Labute approximate surface area is 253 Å². The molecule has 0 aromatic heterocycles. The molecule has 0 bridgehead atoms. The van der Waals surface area contributed by atoms with Crippen LogP contribution in [0.3, 0.4) is 0 Å². The number of benzene rings is 2. The third-order valence-corrected chi connectivity index (χ3v) is 7.99. The standard InChI is InChI=1S/C38H42NO4/c1-9-39(10-2)27-16-17-28-26(22-34(38(6,7)8)43-32(28)23-27)21-30-35(40)29(36(30)41)18-24-19-31(25-14-12-11-13-15-25)42-33(20-24)37(3,4)5/h11-24H,9-10H2,1-8H3/q+1. The second-order valence-electron chi connectivity index (χ2n) is 13.3. The van der Waals surface area contributed by atoms with Crippen molar-refractivity contribution in [1.29, 1.82) is 0 Å². The van der Waals surface area contributed by atoms with Crippen LogP contribution in [-0.2, 0) is 10.2 Å². The highest BCUT2D eigenvalue weighted by molar-refractivity contribution is 5.73. The molecule has 222 valence electrons. The van der Waals surface area contributed by atoms with Gasteiger partial charge < -0.3 is 9.15 Å². The van der Waals surface area contributed by atoms with Crippen LogP contribution in [0.2, 0.25) is 0 Å². The Morgan fingerprint density at radius 3 is 2.09 bits per heavy atom. The monoisotopic (exact) mass is 576 g/mol. The molecule has 0 saturated heterocycles. The van der Waals surface area contributed by atoms with Crippen molar-refractivity contribution in [2.24, 2.45) is 11.3 Å². The van der Waals surface area contributed by atoms with E-state index in [1.165, 1.54) is 0 Å². The van der Waals surface area contributed by atoms with Crippen molar-refractivity contribution in [2.75, 3.05) is 13.1 Å². The molecule has 2 aliphatic heterocycles. The van der Waals surface area contributed by atoms with Gasteiger partial charge in [-0.2, -0.15) is 0 Å². The van der Waals surface area contributed by atoms with E-state index in [4.69, 9.17) is 9.15 Å². The normalized spacial score (nSPS) is 15.6. The Hall–Kier alpha value is -4.25. The Balaban J connectivity index is 1.64. The lowest BCUT2D eigenvalue weighted by atomic mass is 9.88. The minimum Gasteiger partial charge on any atom is -0.461 e. The zero-order valence-electron chi connectivity index (χ0n) is 26.6. The van der Waals surface area contributed by atoms with Gasteiger partial charge in [0, 0.05) is 33.9 Å². The molecular formula is C38H42NO4+. The summed E-state index contributed by atoms with van der Waals surface area (Å²) in [7, 11) is 0. The highest BCUT2D eigenvalue weighted by atomic mass is 16.5. The van der Waals surface area contributed by atoms with Gasteiger partial charge in [-0.3, -0.25) is 9.59 Å². The molecular weight excluding hydrogens is 534 g/mol. The van der Waals surface area contributed by atoms with Crippen molar-refractivity contribution in [3.05, 3.63) is 126 Å². The van der Waals surface area contributed by atoms with Gasteiger partial charge in [-0.05, 0) is 49.8 Å². The Bertz CT molecular complexity index is 1930.